The Morgan fingerprint density at radius 3 is 2.71 bits per heavy atom. The Balaban J connectivity index is 2.08. The number of thiophene rings is 1. The summed E-state index contributed by atoms with van der Waals surface area (Å²) in [6.07, 6.45) is -0.186. The average molecular weight is 346 g/mol. The standard InChI is InChI=1S/C13H12ClNO4S2/c14-10-3-1-2-9(6-10)8-15-21(18,19)13-5-4-11(20-13)7-12(16)17/h1-6,15H,7-8H2,(H,16,17). The molecular formula is C13H12ClNO4S2. The summed E-state index contributed by atoms with van der Waals surface area (Å²) in [7, 11) is -3.65. The van der Waals surface area contributed by atoms with Gasteiger partial charge < -0.3 is 5.11 Å². The monoisotopic (exact) mass is 345 g/mol. The molecule has 1 aromatic heterocycles. The minimum Gasteiger partial charge on any atom is -0.481 e. The quantitative estimate of drug-likeness (QED) is 0.842. The molecule has 2 aromatic rings. The highest BCUT2D eigenvalue weighted by atomic mass is 35.5. The van der Waals surface area contributed by atoms with Crippen molar-refractivity contribution in [1.29, 1.82) is 0 Å². The van der Waals surface area contributed by atoms with E-state index in [9.17, 15) is 13.2 Å². The zero-order valence-corrected chi connectivity index (χ0v) is 13.1. The number of benzene rings is 1. The van der Waals surface area contributed by atoms with Crippen LogP contribution in [0.3, 0.4) is 0 Å². The van der Waals surface area contributed by atoms with E-state index in [1.54, 1.807) is 24.3 Å². The number of carbonyl (C=O) groups is 1. The third kappa shape index (κ3) is 4.53. The highest BCUT2D eigenvalue weighted by Crippen LogP contribution is 2.22. The van der Waals surface area contributed by atoms with Crippen LogP contribution in [0.4, 0.5) is 0 Å². The Morgan fingerprint density at radius 1 is 1.29 bits per heavy atom. The van der Waals surface area contributed by atoms with Gasteiger partial charge in [0, 0.05) is 16.4 Å². The molecule has 0 radical (unpaired) electrons. The number of hydrogen-bond acceptors (Lipinski definition) is 4. The van der Waals surface area contributed by atoms with Crippen molar-refractivity contribution in [2.24, 2.45) is 0 Å². The van der Waals surface area contributed by atoms with Crippen molar-refractivity contribution < 1.29 is 18.3 Å². The first-order valence-electron chi connectivity index (χ1n) is 5.91. The van der Waals surface area contributed by atoms with E-state index < -0.39 is 16.0 Å². The Bertz CT molecular complexity index is 755. The Labute approximate surface area is 131 Å². The molecule has 0 aliphatic carbocycles. The molecular weight excluding hydrogens is 334 g/mol. The zero-order valence-electron chi connectivity index (χ0n) is 10.7. The molecule has 21 heavy (non-hydrogen) atoms. The van der Waals surface area contributed by atoms with Crippen molar-refractivity contribution in [3.05, 3.63) is 51.9 Å². The molecule has 1 heterocycles. The Morgan fingerprint density at radius 2 is 2.05 bits per heavy atom. The number of carboxylic acids is 1. The van der Waals surface area contributed by atoms with E-state index in [0.29, 0.717) is 9.90 Å². The molecule has 5 nitrogen and oxygen atoms in total. The Hall–Kier alpha value is -1.41. The second kappa shape index (κ2) is 6.57. The fourth-order valence-corrected chi connectivity index (χ4v) is 4.27. The van der Waals surface area contributed by atoms with Crippen molar-refractivity contribution in [3.8, 4) is 0 Å². The SMILES string of the molecule is O=C(O)Cc1ccc(S(=O)(=O)NCc2cccc(Cl)c2)s1. The molecule has 0 aliphatic rings. The van der Waals surface area contributed by atoms with Crippen LogP contribution in [0.2, 0.25) is 5.02 Å². The summed E-state index contributed by atoms with van der Waals surface area (Å²) in [4.78, 5) is 11.1. The summed E-state index contributed by atoms with van der Waals surface area (Å²) in [5.41, 5.74) is 0.744. The van der Waals surface area contributed by atoms with E-state index in [4.69, 9.17) is 16.7 Å². The molecule has 0 saturated heterocycles. The lowest BCUT2D eigenvalue weighted by atomic mass is 10.2. The number of sulfonamides is 1. The van der Waals surface area contributed by atoms with Crippen LogP contribution in [0.1, 0.15) is 10.4 Å². The van der Waals surface area contributed by atoms with E-state index in [1.165, 1.54) is 12.1 Å². The van der Waals surface area contributed by atoms with Gasteiger partial charge in [0.1, 0.15) is 4.21 Å². The number of carboxylic acid groups (broad SMARTS) is 1. The summed E-state index contributed by atoms with van der Waals surface area (Å²) in [6.45, 7) is 0.120. The Kier molecular flexibility index (Phi) is 5.00. The van der Waals surface area contributed by atoms with Gasteiger partial charge in [-0.3, -0.25) is 4.79 Å². The second-order valence-electron chi connectivity index (χ2n) is 4.25. The maximum Gasteiger partial charge on any atom is 0.308 e. The van der Waals surface area contributed by atoms with Gasteiger partial charge >= 0.3 is 5.97 Å². The van der Waals surface area contributed by atoms with Crippen LogP contribution in [0.5, 0.6) is 0 Å². The van der Waals surface area contributed by atoms with Gasteiger partial charge in [-0.15, -0.1) is 11.3 Å². The molecule has 1 aromatic carbocycles. The van der Waals surface area contributed by atoms with Crippen LogP contribution >= 0.6 is 22.9 Å². The van der Waals surface area contributed by atoms with Gasteiger partial charge in [0.15, 0.2) is 0 Å². The van der Waals surface area contributed by atoms with Crippen LogP contribution in [-0.4, -0.2) is 19.5 Å². The number of hydrogen-bond donors (Lipinski definition) is 2. The fourth-order valence-electron chi connectivity index (χ4n) is 1.64. The van der Waals surface area contributed by atoms with E-state index in [2.05, 4.69) is 4.72 Å². The molecule has 2 rings (SSSR count). The van der Waals surface area contributed by atoms with Crippen LogP contribution in [-0.2, 0) is 27.8 Å². The van der Waals surface area contributed by atoms with Gasteiger partial charge in [-0.1, -0.05) is 23.7 Å². The lowest BCUT2D eigenvalue weighted by molar-refractivity contribution is -0.136. The molecule has 0 aliphatic heterocycles. The maximum absolute atomic E-state index is 12.1. The molecule has 0 amide bonds. The fraction of sp³-hybridized carbons (Fsp3) is 0.154. The summed E-state index contributed by atoms with van der Waals surface area (Å²) in [5, 5.41) is 9.22. The van der Waals surface area contributed by atoms with Gasteiger partial charge in [-0.05, 0) is 29.8 Å². The molecule has 0 fully saturated rings. The number of nitrogens with one attached hydrogen (secondary N) is 1. The van der Waals surface area contributed by atoms with Gasteiger partial charge in [0.05, 0.1) is 6.42 Å². The second-order valence-corrected chi connectivity index (χ2v) is 7.84. The predicted octanol–water partition coefficient (Wildman–Crippen LogP) is 2.51. The summed E-state index contributed by atoms with van der Waals surface area (Å²) in [5.74, 6) is -0.993. The zero-order chi connectivity index (χ0) is 15.5. The minimum absolute atomic E-state index is 0.0979. The van der Waals surface area contributed by atoms with Crippen LogP contribution in [0.15, 0.2) is 40.6 Å². The van der Waals surface area contributed by atoms with Crippen LogP contribution < -0.4 is 4.72 Å². The highest BCUT2D eigenvalue weighted by molar-refractivity contribution is 7.91. The topological polar surface area (TPSA) is 83.5 Å². The predicted molar refractivity (Wildman–Crippen MR) is 81.1 cm³/mol. The lowest BCUT2D eigenvalue weighted by Crippen LogP contribution is -2.22. The van der Waals surface area contributed by atoms with E-state index in [-0.39, 0.29) is 17.2 Å². The average Bonchev–Trinajstić information content (AvgIpc) is 2.85. The van der Waals surface area contributed by atoms with Crippen LogP contribution in [0.25, 0.3) is 0 Å². The summed E-state index contributed by atoms with van der Waals surface area (Å²) >= 11 is 6.78. The van der Waals surface area contributed by atoms with Gasteiger partial charge in [0.25, 0.3) is 0 Å². The third-order valence-corrected chi connectivity index (χ3v) is 5.80. The first-order valence-corrected chi connectivity index (χ1v) is 8.59. The van der Waals surface area contributed by atoms with E-state index in [0.717, 1.165) is 16.9 Å². The van der Waals surface area contributed by atoms with Crippen molar-refractivity contribution in [2.75, 3.05) is 0 Å². The van der Waals surface area contributed by atoms with Crippen molar-refractivity contribution >= 4 is 38.9 Å². The molecule has 0 bridgehead atoms. The highest BCUT2D eigenvalue weighted by Gasteiger charge is 2.17. The number of halogens is 1. The maximum atomic E-state index is 12.1. The molecule has 8 heteroatoms. The molecule has 0 saturated carbocycles. The van der Waals surface area contributed by atoms with Crippen molar-refractivity contribution in [2.45, 2.75) is 17.2 Å². The minimum atomic E-state index is -3.65. The number of rotatable bonds is 6. The molecule has 112 valence electrons. The lowest BCUT2D eigenvalue weighted by Gasteiger charge is -2.05. The molecule has 0 spiro atoms. The number of aliphatic carboxylic acids is 1. The summed E-state index contributed by atoms with van der Waals surface area (Å²) < 4.78 is 26.8. The van der Waals surface area contributed by atoms with E-state index in [1.807, 2.05) is 0 Å². The van der Waals surface area contributed by atoms with Gasteiger partial charge in [0.2, 0.25) is 10.0 Å². The first kappa shape index (κ1) is 16.0. The van der Waals surface area contributed by atoms with Gasteiger partial charge in [-0.2, -0.15) is 0 Å². The first-order chi connectivity index (χ1) is 9.87. The van der Waals surface area contributed by atoms with E-state index >= 15 is 0 Å². The van der Waals surface area contributed by atoms with Crippen molar-refractivity contribution in [3.63, 3.8) is 0 Å². The molecule has 0 atom stereocenters. The molecule has 0 unspecified atom stereocenters. The van der Waals surface area contributed by atoms with Gasteiger partial charge in [-0.25, -0.2) is 13.1 Å². The molecule has 2 N–H and O–H groups in total. The van der Waals surface area contributed by atoms with Crippen LogP contribution in [0, 0.1) is 0 Å². The normalized spacial score (nSPS) is 11.5. The summed E-state index contributed by atoms with van der Waals surface area (Å²) in [6, 6.07) is 9.79. The third-order valence-electron chi connectivity index (χ3n) is 2.58. The smallest absolute Gasteiger partial charge is 0.308 e. The van der Waals surface area contributed by atoms with Crippen molar-refractivity contribution in [1.82, 2.24) is 4.72 Å². The largest absolute Gasteiger partial charge is 0.481 e.